The lowest BCUT2D eigenvalue weighted by atomic mass is 9.92. The first-order valence-electron chi connectivity index (χ1n) is 8.72. The van der Waals surface area contributed by atoms with Gasteiger partial charge in [0, 0.05) is 15.1 Å². The molecule has 2 aliphatic rings. The normalized spacial score (nSPS) is 17.7. The lowest BCUT2D eigenvalue weighted by Crippen LogP contribution is -2.28. The monoisotopic (exact) mass is 432 g/mol. The molecule has 25 heavy (non-hydrogen) atoms. The van der Waals surface area contributed by atoms with Crippen molar-refractivity contribution in [3.63, 3.8) is 0 Å². The molecule has 1 atom stereocenters. The molecule has 2 aromatic rings. The standard InChI is InChI=1S/C20H21BrN2S2/c21-15-5-1-4-14(12-15)13-18(23-20-22-9-11-25-20)16-6-2-8-19-17(16)7-3-10-24-19/h1-2,4-6,8,12,18H,3,7,9-11,13H2,(H,22,23). The largest absolute Gasteiger partial charge is 0.358 e. The average Bonchev–Trinajstić information content (AvgIpc) is 3.14. The first-order valence-corrected chi connectivity index (χ1v) is 11.5. The predicted octanol–water partition coefficient (Wildman–Crippen LogP) is 5.46. The fourth-order valence-corrected chi connectivity index (χ4v) is 5.76. The van der Waals surface area contributed by atoms with E-state index in [1.165, 1.54) is 40.2 Å². The van der Waals surface area contributed by atoms with E-state index in [1.54, 1.807) is 0 Å². The van der Waals surface area contributed by atoms with Gasteiger partial charge in [-0.2, -0.15) is 0 Å². The molecule has 0 fully saturated rings. The van der Waals surface area contributed by atoms with Gasteiger partial charge in [-0.25, -0.2) is 0 Å². The van der Waals surface area contributed by atoms with Crippen molar-refractivity contribution in [3.8, 4) is 0 Å². The zero-order valence-corrected chi connectivity index (χ0v) is 17.2. The van der Waals surface area contributed by atoms with Gasteiger partial charge in [-0.05, 0) is 59.9 Å². The number of fused-ring (bicyclic) bond motifs is 1. The van der Waals surface area contributed by atoms with Crippen LogP contribution in [0.3, 0.4) is 0 Å². The second kappa shape index (κ2) is 8.19. The number of amidine groups is 1. The van der Waals surface area contributed by atoms with Crippen LogP contribution in [0.25, 0.3) is 0 Å². The van der Waals surface area contributed by atoms with Crippen LogP contribution in [0.5, 0.6) is 0 Å². The molecule has 0 aromatic heterocycles. The second-order valence-corrected chi connectivity index (χ2v) is 9.48. The maximum atomic E-state index is 4.63. The maximum absolute atomic E-state index is 4.63. The molecule has 0 saturated heterocycles. The molecule has 5 heteroatoms. The quantitative estimate of drug-likeness (QED) is 0.693. The SMILES string of the molecule is Brc1cccc(CC(NC2=NCCS2)c2cccc3c2CCCS3)c1. The van der Waals surface area contributed by atoms with Crippen molar-refractivity contribution in [2.45, 2.75) is 30.2 Å². The zero-order chi connectivity index (χ0) is 17.1. The molecule has 1 N–H and O–H groups in total. The summed E-state index contributed by atoms with van der Waals surface area (Å²) in [5.74, 6) is 2.33. The van der Waals surface area contributed by atoms with E-state index >= 15 is 0 Å². The molecule has 0 spiro atoms. The van der Waals surface area contributed by atoms with Crippen molar-refractivity contribution in [1.29, 1.82) is 0 Å². The smallest absolute Gasteiger partial charge is 0.157 e. The Labute approximate surface area is 166 Å². The minimum Gasteiger partial charge on any atom is -0.358 e. The molecule has 0 bridgehead atoms. The number of hydrogen-bond acceptors (Lipinski definition) is 4. The highest BCUT2D eigenvalue weighted by atomic mass is 79.9. The molecule has 2 nitrogen and oxygen atoms in total. The van der Waals surface area contributed by atoms with Gasteiger partial charge in [0.1, 0.15) is 0 Å². The van der Waals surface area contributed by atoms with Crippen LogP contribution in [-0.2, 0) is 12.8 Å². The number of hydrogen-bond donors (Lipinski definition) is 1. The number of aliphatic imine (C=N–C) groups is 1. The summed E-state index contributed by atoms with van der Waals surface area (Å²) in [7, 11) is 0. The van der Waals surface area contributed by atoms with Gasteiger partial charge >= 0.3 is 0 Å². The minimum atomic E-state index is 0.271. The third-order valence-electron chi connectivity index (χ3n) is 4.59. The van der Waals surface area contributed by atoms with Gasteiger partial charge in [0.2, 0.25) is 0 Å². The summed E-state index contributed by atoms with van der Waals surface area (Å²) < 4.78 is 1.14. The fourth-order valence-electron chi connectivity index (χ4n) is 3.45. The Balaban J connectivity index is 1.67. The summed E-state index contributed by atoms with van der Waals surface area (Å²) in [4.78, 5) is 6.09. The van der Waals surface area contributed by atoms with E-state index in [-0.39, 0.29) is 6.04 Å². The van der Waals surface area contributed by atoms with Crippen LogP contribution in [-0.4, -0.2) is 23.2 Å². The van der Waals surface area contributed by atoms with E-state index in [1.807, 2.05) is 23.5 Å². The first-order chi connectivity index (χ1) is 12.3. The molecule has 2 heterocycles. The van der Waals surface area contributed by atoms with Gasteiger partial charge in [0.15, 0.2) is 5.17 Å². The van der Waals surface area contributed by atoms with Crippen molar-refractivity contribution >= 4 is 44.6 Å². The van der Waals surface area contributed by atoms with Crippen molar-refractivity contribution in [2.75, 3.05) is 18.1 Å². The highest BCUT2D eigenvalue weighted by Gasteiger charge is 2.22. The van der Waals surface area contributed by atoms with E-state index in [2.05, 4.69) is 68.7 Å². The Hall–Kier alpha value is -0.910. The van der Waals surface area contributed by atoms with Crippen LogP contribution in [0.15, 0.2) is 56.8 Å². The Morgan fingerprint density at radius 2 is 2.04 bits per heavy atom. The Kier molecular flexibility index (Phi) is 5.73. The molecule has 1 unspecified atom stereocenters. The van der Waals surface area contributed by atoms with Crippen LogP contribution in [0, 0.1) is 0 Å². The molecule has 0 radical (unpaired) electrons. The summed E-state index contributed by atoms with van der Waals surface area (Å²) in [6.45, 7) is 0.930. The maximum Gasteiger partial charge on any atom is 0.157 e. The molecular formula is C20H21BrN2S2. The summed E-state index contributed by atoms with van der Waals surface area (Å²) in [6, 6.07) is 15.7. The van der Waals surface area contributed by atoms with Crippen LogP contribution in [0.4, 0.5) is 0 Å². The zero-order valence-electron chi connectivity index (χ0n) is 14.0. The third-order valence-corrected chi connectivity index (χ3v) is 7.17. The Morgan fingerprint density at radius 3 is 2.88 bits per heavy atom. The van der Waals surface area contributed by atoms with Crippen LogP contribution < -0.4 is 5.32 Å². The molecule has 0 saturated carbocycles. The van der Waals surface area contributed by atoms with Crippen LogP contribution >= 0.6 is 39.5 Å². The Morgan fingerprint density at radius 1 is 1.12 bits per heavy atom. The molecule has 0 aliphatic carbocycles. The topological polar surface area (TPSA) is 24.4 Å². The van der Waals surface area contributed by atoms with Gasteiger partial charge in [0.05, 0.1) is 12.6 Å². The minimum absolute atomic E-state index is 0.271. The number of rotatable bonds is 4. The molecule has 0 amide bonds. The second-order valence-electron chi connectivity index (χ2n) is 6.34. The highest BCUT2D eigenvalue weighted by molar-refractivity contribution is 9.10. The van der Waals surface area contributed by atoms with E-state index in [4.69, 9.17) is 0 Å². The van der Waals surface area contributed by atoms with Crippen molar-refractivity contribution < 1.29 is 0 Å². The number of thioether (sulfide) groups is 2. The Bertz CT molecular complexity index is 791. The summed E-state index contributed by atoms with van der Waals surface area (Å²) in [6.07, 6.45) is 3.43. The molecule has 2 aliphatic heterocycles. The van der Waals surface area contributed by atoms with Gasteiger partial charge < -0.3 is 5.32 Å². The molecule has 130 valence electrons. The number of benzene rings is 2. The number of nitrogens with one attached hydrogen (secondary N) is 1. The van der Waals surface area contributed by atoms with Crippen molar-refractivity contribution in [3.05, 3.63) is 63.6 Å². The first kappa shape index (κ1) is 17.5. The van der Waals surface area contributed by atoms with E-state index < -0.39 is 0 Å². The highest BCUT2D eigenvalue weighted by Crippen LogP contribution is 2.36. The van der Waals surface area contributed by atoms with E-state index in [9.17, 15) is 0 Å². The third kappa shape index (κ3) is 4.26. The molecular weight excluding hydrogens is 412 g/mol. The number of halogens is 1. The van der Waals surface area contributed by atoms with Crippen molar-refractivity contribution in [1.82, 2.24) is 5.32 Å². The van der Waals surface area contributed by atoms with E-state index in [0.29, 0.717) is 0 Å². The number of nitrogens with zero attached hydrogens (tertiary/aromatic N) is 1. The summed E-state index contributed by atoms with van der Waals surface area (Å²) >= 11 is 7.45. The lowest BCUT2D eigenvalue weighted by Gasteiger charge is -2.26. The summed E-state index contributed by atoms with van der Waals surface area (Å²) in [5, 5.41) is 4.84. The average molecular weight is 433 g/mol. The van der Waals surface area contributed by atoms with Crippen molar-refractivity contribution in [2.24, 2.45) is 4.99 Å². The summed E-state index contributed by atoms with van der Waals surface area (Å²) in [5.41, 5.74) is 4.33. The lowest BCUT2D eigenvalue weighted by molar-refractivity contribution is 0.634. The predicted molar refractivity (Wildman–Crippen MR) is 114 cm³/mol. The molecule has 4 rings (SSSR count). The van der Waals surface area contributed by atoms with Gasteiger partial charge in [-0.15, -0.1) is 11.8 Å². The molecule has 2 aromatic carbocycles. The van der Waals surface area contributed by atoms with Gasteiger partial charge in [-0.1, -0.05) is 52.0 Å². The van der Waals surface area contributed by atoms with Gasteiger partial charge in [-0.3, -0.25) is 4.99 Å². The van der Waals surface area contributed by atoms with E-state index in [0.717, 1.165) is 28.4 Å². The fraction of sp³-hybridized carbons (Fsp3) is 0.350. The van der Waals surface area contributed by atoms with Crippen LogP contribution in [0.2, 0.25) is 0 Å². The van der Waals surface area contributed by atoms with Crippen LogP contribution in [0.1, 0.15) is 29.2 Å². The van der Waals surface area contributed by atoms with Gasteiger partial charge in [0.25, 0.3) is 0 Å².